The van der Waals surface area contributed by atoms with Gasteiger partial charge in [-0.05, 0) is 6.92 Å². The van der Waals surface area contributed by atoms with Crippen LogP contribution >= 0.6 is 12.4 Å². The number of nitrogens with one attached hydrogen (secondary N) is 1. The summed E-state index contributed by atoms with van der Waals surface area (Å²) in [4.78, 5) is 0. The molecular weight excluding hydrogens is 154 g/mol. The number of hydrogen-bond donors (Lipinski definition) is 1. The van der Waals surface area contributed by atoms with E-state index in [9.17, 15) is 0 Å². The van der Waals surface area contributed by atoms with Crippen LogP contribution in [0.5, 0.6) is 0 Å². The van der Waals surface area contributed by atoms with Crippen molar-refractivity contribution in [2.75, 3.05) is 20.2 Å². The standard InChI is InChI=1S/C6H13NO2.ClH/c1-5(8-2)9-6-3-7-4-6;/h5-7H,3-4H2,1-2H3;1H. The third-order valence-corrected chi connectivity index (χ3v) is 1.46. The van der Waals surface area contributed by atoms with Crippen molar-refractivity contribution in [2.24, 2.45) is 0 Å². The van der Waals surface area contributed by atoms with Crippen molar-refractivity contribution in [1.82, 2.24) is 5.32 Å². The molecule has 0 saturated carbocycles. The van der Waals surface area contributed by atoms with E-state index in [1.807, 2.05) is 6.92 Å². The zero-order valence-corrected chi connectivity index (χ0v) is 7.11. The summed E-state index contributed by atoms with van der Waals surface area (Å²) in [6, 6.07) is 0. The molecule has 0 spiro atoms. The lowest BCUT2D eigenvalue weighted by atomic mass is 10.2. The predicted molar refractivity (Wildman–Crippen MR) is 41.5 cm³/mol. The summed E-state index contributed by atoms with van der Waals surface area (Å²) < 4.78 is 10.3. The van der Waals surface area contributed by atoms with Crippen LogP contribution in [0, 0.1) is 0 Å². The Kier molecular flexibility index (Phi) is 4.99. The van der Waals surface area contributed by atoms with Gasteiger partial charge < -0.3 is 14.8 Å². The molecule has 0 radical (unpaired) electrons. The number of methoxy groups -OCH3 is 1. The summed E-state index contributed by atoms with van der Waals surface area (Å²) in [5, 5.41) is 3.11. The summed E-state index contributed by atoms with van der Waals surface area (Å²) in [5.41, 5.74) is 0. The summed E-state index contributed by atoms with van der Waals surface area (Å²) in [5.74, 6) is 0. The van der Waals surface area contributed by atoms with Crippen molar-refractivity contribution in [1.29, 1.82) is 0 Å². The number of halogens is 1. The maximum absolute atomic E-state index is 5.35. The van der Waals surface area contributed by atoms with E-state index in [-0.39, 0.29) is 18.7 Å². The number of rotatable bonds is 3. The lowest BCUT2D eigenvalue weighted by Gasteiger charge is -2.29. The highest BCUT2D eigenvalue weighted by atomic mass is 35.5. The molecule has 0 aromatic heterocycles. The Morgan fingerprint density at radius 2 is 2.10 bits per heavy atom. The van der Waals surface area contributed by atoms with E-state index in [1.54, 1.807) is 7.11 Å². The van der Waals surface area contributed by atoms with E-state index < -0.39 is 0 Å². The predicted octanol–water partition coefficient (Wildman–Crippen LogP) is 0.389. The van der Waals surface area contributed by atoms with E-state index >= 15 is 0 Å². The van der Waals surface area contributed by atoms with Crippen LogP contribution in [0.15, 0.2) is 0 Å². The molecule has 1 fully saturated rings. The Hall–Kier alpha value is 0.170. The molecule has 1 aliphatic rings. The molecule has 0 aromatic carbocycles. The largest absolute Gasteiger partial charge is 0.356 e. The zero-order valence-electron chi connectivity index (χ0n) is 6.29. The molecule has 0 aliphatic carbocycles. The van der Waals surface area contributed by atoms with Crippen LogP contribution in [0.3, 0.4) is 0 Å². The SMILES string of the molecule is COC(C)OC1CNC1.Cl. The molecule has 1 aliphatic heterocycles. The molecule has 0 aromatic rings. The van der Waals surface area contributed by atoms with E-state index in [1.165, 1.54) is 0 Å². The monoisotopic (exact) mass is 167 g/mol. The van der Waals surface area contributed by atoms with Gasteiger partial charge in [0.2, 0.25) is 0 Å². The second kappa shape index (κ2) is 4.91. The highest BCUT2D eigenvalue weighted by molar-refractivity contribution is 5.85. The highest BCUT2D eigenvalue weighted by Crippen LogP contribution is 2.02. The molecule has 10 heavy (non-hydrogen) atoms. The first kappa shape index (κ1) is 10.2. The van der Waals surface area contributed by atoms with Gasteiger partial charge in [0, 0.05) is 20.2 Å². The molecule has 1 unspecified atom stereocenters. The summed E-state index contributed by atoms with van der Waals surface area (Å²) in [6.45, 7) is 3.83. The van der Waals surface area contributed by atoms with E-state index in [2.05, 4.69) is 5.32 Å². The molecule has 1 rings (SSSR count). The van der Waals surface area contributed by atoms with Crippen LogP contribution in [0.25, 0.3) is 0 Å². The van der Waals surface area contributed by atoms with Crippen LogP contribution in [-0.2, 0) is 9.47 Å². The van der Waals surface area contributed by atoms with Crippen LogP contribution in [0.2, 0.25) is 0 Å². The molecule has 3 nitrogen and oxygen atoms in total. The average Bonchev–Trinajstić information content (AvgIpc) is 1.78. The van der Waals surface area contributed by atoms with Gasteiger partial charge in [-0.3, -0.25) is 0 Å². The lowest BCUT2D eigenvalue weighted by Crippen LogP contribution is -2.49. The fourth-order valence-corrected chi connectivity index (χ4v) is 0.685. The van der Waals surface area contributed by atoms with Gasteiger partial charge in [-0.1, -0.05) is 0 Å². The van der Waals surface area contributed by atoms with Crippen molar-refractivity contribution < 1.29 is 9.47 Å². The molecule has 0 bridgehead atoms. The second-order valence-corrected chi connectivity index (χ2v) is 2.22. The van der Waals surface area contributed by atoms with E-state index in [0.717, 1.165) is 13.1 Å². The Morgan fingerprint density at radius 3 is 2.40 bits per heavy atom. The Morgan fingerprint density at radius 1 is 1.50 bits per heavy atom. The van der Waals surface area contributed by atoms with Crippen LogP contribution in [0.4, 0.5) is 0 Å². The van der Waals surface area contributed by atoms with E-state index in [0.29, 0.717) is 6.10 Å². The van der Waals surface area contributed by atoms with Gasteiger partial charge in [0.15, 0.2) is 6.29 Å². The molecule has 0 amide bonds. The molecule has 1 saturated heterocycles. The van der Waals surface area contributed by atoms with Gasteiger partial charge in [-0.25, -0.2) is 0 Å². The molecule has 1 atom stereocenters. The van der Waals surface area contributed by atoms with Gasteiger partial charge in [0.05, 0.1) is 6.10 Å². The first-order valence-electron chi connectivity index (χ1n) is 3.22. The van der Waals surface area contributed by atoms with Gasteiger partial charge in [-0.15, -0.1) is 12.4 Å². The minimum atomic E-state index is -0.0582. The molecular formula is C6H14ClNO2. The zero-order chi connectivity index (χ0) is 6.69. The van der Waals surface area contributed by atoms with Crippen LogP contribution < -0.4 is 5.32 Å². The molecule has 4 heteroatoms. The minimum Gasteiger partial charge on any atom is -0.356 e. The summed E-state index contributed by atoms with van der Waals surface area (Å²) in [6.07, 6.45) is 0.317. The van der Waals surface area contributed by atoms with Gasteiger partial charge in [0.1, 0.15) is 0 Å². The Balaban J connectivity index is 0.000000810. The molecule has 62 valence electrons. The van der Waals surface area contributed by atoms with Crippen molar-refractivity contribution in [3.8, 4) is 0 Å². The maximum atomic E-state index is 5.35. The Bertz CT molecular complexity index is 85.1. The van der Waals surface area contributed by atoms with Gasteiger partial charge in [0.25, 0.3) is 0 Å². The van der Waals surface area contributed by atoms with Crippen LogP contribution in [0.1, 0.15) is 6.92 Å². The first-order valence-corrected chi connectivity index (χ1v) is 3.22. The minimum absolute atomic E-state index is 0. The average molecular weight is 168 g/mol. The topological polar surface area (TPSA) is 30.5 Å². The summed E-state index contributed by atoms with van der Waals surface area (Å²) >= 11 is 0. The molecule has 1 N–H and O–H groups in total. The number of ether oxygens (including phenoxy) is 2. The van der Waals surface area contributed by atoms with Crippen molar-refractivity contribution in [3.63, 3.8) is 0 Å². The van der Waals surface area contributed by atoms with Crippen molar-refractivity contribution in [3.05, 3.63) is 0 Å². The van der Waals surface area contributed by atoms with Crippen LogP contribution in [-0.4, -0.2) is 32.6 Å². The Labute approximate surface area is 67.5 Å². The summed E-state index contributed by atoms with van der Waals surface area (Å²) in [7, 11) is 1.65. The van der Waals surface area contributed by atoms with Gasteiger partial charge >= 0.3 is 0 Å². The van der Waals surface area contributed by atoms with Crippen molar-refractivity contribution >= 4 is 12.4 Å². The smallest absolute Gasteiger partial charge is 0.154 e. The third kappa shape index (κ3) is 2.84. The maximum Gasteiger partial charge on any atom is 0.154 e. The highest BCUT2D eigenvalue weighted by Gasteiger charge is 2.19. The lowest BCUT2D eigenvalue weighted by molar-refractivity contribution is -0.154. The number of hydrogen-bond acceptors (Lipinski definition) is 3. The fourth-order valence-electron chi connectivity index (χ4n) is 0.685. The molecule has 1 heterocycles. The quantitative estimate of drug-likeness (QED) is 0.617. The third-order valence-electron chi connectivity index (χ3n) is 1.46. The first-order chi connectivity index (χ1) is 4.33. The fraction of sp³-hybridized carbons (Fsp3) is 1.00. The van der Waals surface area contributed by atoms with E-state index in [4.69, 9.17) is 9.47 Å². The normalized spacial score (nSPS) is 21.0. The van der Waals surface area contributed by atoms with Crippen molar-refractivity contribution in [2.45, 2.75) is 19.3 Å². The van der Waals surface area contributed by atoms with Gasteiger partial charge in [-0.2, -0.15) is 0 Å². The second-order valence-electron chi connectivity index (χ2n) is 2.22.